The van der Waals surface area contributed by atoms with E-state index in [2.05, 4.69) is 48.2 Å². The first-order valence-corrected chi connectivity index (χ1v) is 15.4. The Balaban J connectivity index is 1.37. The van der Waals surface area contributed by atoms with Gasteiger partial charge in [0.25, 0.3) is 0 Å². The Morgan fingerprint density at radius 1 is 1.09 bits per heavy atom. The zero-order chi connectivity index (χ0) is 31.5. The molecule has 1 N–H and O–H groups in total. The molecule has 4 aromatic rings. The third-order valence-electron chi connectivity index (χ3n) is 8.67. The van der Waals surface area contributed by atoms with Gasteiger partial charge in [0.2, 0.25) is 11.8 Å². The maximum atomic E-state index is 14.1. The topological polar surface area (TPSA) is 126 Å². The maximum Gasteiger partial charge on any atom is 0.248 e. The van der Waals surface area contributed by atoms with E-state index in [1.807, 2.05) is 57.1 Å². The van der Waals surface area contributed by atoms with Crippen molar-refractivity contribution >= 4 is 50.2 Å². The number of nitrogens with zero attached hydrogens (tertiary/aromatic N) is 7. The summed E-state index contributed by atoms with van der Waals surface area (Å²) in [6.45, 7) is 7.77. The number of carbonyl (C=O) groups excluding carboxylic acids is 3. The van der Waals surface area contributed by atoms with Crippen molar-refractivity contribution in [3.05, 3.63) is 63.9 Å². The van der Waals surface area contributed by atoms with Crippen molar-refractivity contribution in [2.75, 3.05) is 19.4 Å². The van der Waals surface area contributed by atoms with Crippen molar-refractivity contribution in [2.24, 2.45) is 5.41 Å². The zero-order valence-electron chi connectivity index (χ0n) is 25.7. The molecule has 12 heteroatoms. The largest absolute Gasteiger partial charge is 0.325 e. The summed E-state index contributed by atoms with van der Waals surface area (Å²) < 4.78 is 2.25. The van der Waals surface area contributed by atoms with Crippen LogP contribution in [0.1, 0.15) is 54.1 Å². The second-order valence-electron chi connectivity index (χ2n) is 12.5. The predicted molar refractivity (Wildman–Crippen MR) is 170 cm³/mol. The van der Waals surface area contributed by atoms with Crippen LogP contribution in [-0.4, -0.2) is 78.3 Å². The normalized spacial score (nSPS) is 20.7. The van der Waals surface area contributed by atoms with Crippen molar-refractivity contribution < 1.29 is 14.4 Å². The molecule has 2 amide bonds. The van der Waals surface area contributed by atoms with Gasteiger partial charge in [-0.15, -0.1) is 0 Å². The molecule has 1 saturated heterocycles. The minimum atomic E-state index is -0.630. The van der Waals surface area contributed by atoms with Crippen molar-refractivity contribution in [1.29, 1.82) is 0 Å². The van der Waals surface area contributed by atoms with E-state index in [0.29, 0.717) is 40.3 Å². The predicted octanol–water partition coefficient (Wildman–Crippen LogP) is 4.55. The molecule has 6 rings (SSSR count). The molecule has 2 fully saturated rings. The van der Waals surface area contributed by atoms with Crippen LogP contribution in [0.4, 0.5) is 5.82 Å². The molecular formula is C32H35BrN8O3. The van der Waals surface area contributed by atoms with Crippen LogP contribution in [0.3, 0.4) is 0 Å². The number of carbonyl (C=O) groups is 3. The van der Waals surface area contributed by atoms with Crippen LogP contribution in [-0.2, 0) is 22.7 Å². The summed E-state index contributed by atoms with van der Waals surface area (Å²) >= 11 is 3.37. The average Bonchev–Trinajstić information content (AvgIpc) is 3.31. The number of ketones is 1. The number of pyridine rings is 1. The Morgan fingerprint density at radius 2 is 1.82 bits per heavy atom. The molecule has 1 saturated carbocycles. The second-order valence-corrected chi connectivity index (χ2v) is 13.3. The first kappa shape index (κ1) is 30.0. The molecule has 0 bridgehead atoms. The van der Waals surface area contributed by atoms with E-state index in [-0.39, 0.29) is 35.6 Å². The molecule has 0 unspecified atom stereocenters. The highest BCUT2D eigenvalue weighted by atomic mass is 79.9. The first-order valence-electron chi connectivity index (χ1n) is 14.6. The van der Waals surface area contributed by atoms with Crippen LogP contribution >= 0.6 is 15.9 Å². The fourth-order valence-corrected chi connectivity index (χ4v) is 6.66. The number of likely N-dealkylation sites (tertiary alicyclic amines) is 1. The number of hydrogen-bond donors (Lipinski definition) is 1. The summed E-state index contributed by atoms with van der Waals surface area (Å²) in [6.07, 6.45) is 4.96. The van der Waals surface area contributed by atoms with Gasteiger partial charge >= 0.3 is 0 Å². The first-order chi connectivity index (χ1) is 20.8. The van der Waals surface area contributed by atoms with Crippen molar-refractivity contribution in [3.8, 4) is 11.1 Å². The average molecular weight is 660 g/mol. The smallest absolute Gasteiger partial charge is 0.248 e. The molecule has 3 atom stereocenters. The van der Waals surface area contributed by atoms with Crippen LogP contribution in [0.15, 0.2) is 41.3 Å². The highest BCUT2D eigenvalue weighted by Gasteiger charge is 2.64. The summed E-state index contributed by atoms with van der Waals surface area (Å²) in [6, 6.07) is 7.01. The van der Waals surface area contributed by atoms with Crippen LogP contribution in [0, 0.1) is 19.3 Å². The number of nitrogens with one attached hydrogen (secondary N) is 1. The Kier molecular flexibility index (Phi) is 7.61. The summed E-state index contributed by atoms with van der Waals surface area (Å²) in [7, 11) is 3.93. The third-order valence-corrected chi connectivity index (χ3v) is 9.11. The summed E-state index contributed by atoms with van der Waals surface area (Å²) in [5.41, 5.74) is 4.36. The maximum absolute atomic E-state index is 14.1. The van der Waals surface area contributed by atoms with Gasteiger partial charge in [0.05, 0.1) is 5.52 Å². The number of aromatic nitrogens is 5. The van der Waals surface area contributed by atoms with E-state index in [1.165, 1.54) is 6.92 Å². The van der Waals surface area contributed by atoms with Crippen LogP contribution in [0.2, 0.25) is 0 Å². The summed E-state index contributed by atoms with van der Waals surface area (Å²) in [4.78, 5) is 57.4. The number of rotatable bonds is 8. The van der Waals surface area contributed by atoms with E-state index in [0.717, 1.165) is 34.2 Å². The van der Waals surface area contributed by atoms with E-state index < -0.39 is 6.04 Å². The highest BCUT2D eigenvalue weighted by molar-refractivity contribution is 9.10. The van der Waals surface area contributed by atoms with Gasteiger partial charge in [0.15, 0.2) is 5.78 Å². The van der Waals surface area contributed by atoms with Gasteiger partial charge < -0.3 is 15.1 Å². The monoisotopic (exact) mass is 658 g/mol. The lowest BCUT2D eigenvalue weighted by molar-refractivity contribution is -0.138. The lowest BCUT2D eigenvalue weighted by Crippen LogP contribution is -2.47. The van der Waals surface area contributed by atoms with Gasteiger partial charge in [0.1, 0.15) is 34.5 Å². The number of amides is 2. The van der Waals surface area contributed by atoms with Gasteiger partial charge in [-0.1, -0.05) is 13.0 Å². The number of piperidine rings is 1. The number of aryl methyl sites for hydroxylation is 2. The molecule has 0 spiro atoms. The van der Waals surface area contributed by atoms with Crippen LogP contribution in [0.25, 0.3) is 22.0 Å². The van der Waals surface area contributed by atoms with Crippen LogP contribution < -0.4 is 5.32 Å². The molecule has 2 aliphatic rings. The molecule has 44 heavy (non-hydrogen) atoms. The van der Waals surface area contributed by atoms with Crippen molar-refractivity contribution in [2.45, 2.75) is 65.7 Å². The molecule has 11 nitrogen and oxygen atoms in total. The van der Waals surface area contributed by atoms with Crippen LogP contribution in [0.5, 0.6) is 0 Å². The lowest BCUT2D eigenvalue weighted by Gasteiger charge is -2.27. The molecule has 0 radical (unpaired) electrons. The number of Topliss-reactive ketones (excluding diaryl/α,β-unsaturated/α-hetero) is 1. The number of benzene rings is 1. The molecule has 1 aliphatic carbocycles. The van der Waals surface area contributed by atoms with Crippen molar-refractivity contribution in [3.63, 3.8) is 0 Å². The van der Waals surface area contributed by atoms with Gasteiger partial charge in [-0.25, -0.2) is 15.0 Å². The molecular weight excluding hydrogens is 624 g/mol. The van der Waals surface area contributed by atoms with Crippen molar-refractivity contribution in [1.82, 2.24) is 34.5 Å². The minimum absolute atomic E-state index is 0.0224. The minimum Gasteiger partial charge on any atom is -0.325 e. The second kappa shape index (κ2) is 11.2. The lowest BCUT2D eigenvalue weighted by atomic mass is 10.00. The third kappa shape index (κ3) is 5.52. The Hall–Kier alpha value is -4.03. The number of halogens is 1. The van der Waals surface area contributed by atoms with Gasteiger partial charge in [-0.05, 0) is 97.0 Å². The van der Waals surface area contributed by atoms with E-state index in [9.17, 15) is 14.4 Å². The molecule has 1 aliphatic heterocycles. The highest BCUT2D eigenvalue weighted by Crippen LogP contribution is 2.59. The SMILES string of the molecule is CC(=O)c1nn(CC(=O)N2[C@H](C(=O)Nc3nc(Br)ccc3C)C[C@@]3(C)C[C@@H]23)c2c(CN(C)C)cc(-c3cnc(C)nc3)cc12. The van der Waals surface area contributed by atoms with E-state index in [1.54, 1.807) is 22.0 Å². The molecule has 3 aromatic heterocycles. The number of fused-ring (bicyclic) bond motifs is 2. The van der Waals surface area contributed by atoms with Gasteiger partial charge in [-0.3, -0.25) is 19.1 Å². The van der Waals surface area contributed by atoms with Gasteiger partial charge in [-0.2, -0.15) is 5.10 Å². The quantitative estimate of drug-likeness (QED) is 0.216. The Morgan fingerprint density at radius 3 is 2.50 bits per heavy atom. The molecule has 1 aromatic carbocycles. The Labute approximate surface area is 264 Å². The summed E-state index contributed by atoms with van der Waals surface area (Å²) in [5.74, 6) is 0.479. The van der Waals surface area contributed by atoms with Gasteiger partial charge in [0, 0.05) is 42.9 Å². The standard InChI is InChI=1S/C32H35BrN8O3/c1-17-7-8-26(33)36-30(17)37-31(44)24-11-32(4)12-25(32)41(24)27(43)16-40-29-21(15-39(5)6)9-20(22-13-34-19(3)35-14-22)10-23(29)28(38-40)18(2)42/h7-10,13-14,24-25H,11-12,15-16H2,1-6H3,(H,36,37,44)/t24-,25+,32-/m0/s1. The zero-order valence-corrected chi connectivity index (χ0v) is 27.3. The fraction of sp³-hybridized carbons (Fsp3) is 0.406. The van der Waals surface area contributed by atoms with E-state index >= 15 is 0 Å². The molecule has 4 heterocycles. The van der Waals surface area contributed by atoms with E-state index in [4.69, 9.17) is 0 Å². The molecule has 228 valence electrons. The summed E-state index contributed by atoms with van der Waals surface area (Å²) in [5, 5.41) is 8.30. The number of hydrogen-bond acceptors (Lipinski definition) is 8. The number of anilines is 1. The Bertz CT molecular complexity index is 1820. The fourth-order valence-electron chi connectivity index (χ4n) is 6.35.